The molecule has 1 aromatic heterocycles. The summed E-state index contributed by atoms with van der Waals surface area (Å²) in [5.41, 5.74) is 0. The van der Waals surface area contributed by atoms with Crippen LogP contribution >= 0.6 is 0 Å². The van der Waals surface area contributed by atoms with Gasteiger partial charge in [0.25, 0.3) is 0 Å². The molecule has 0 radical (unpaired) electrons. The maximum Gasteiger partial charge on any atom is 0.308 e. The summed E-state index contributed by atoms with van der Waals surface area (Å²) >= 11 is 0. The zero-order valence-corrected chi connectivity index (χ0v) is 10.5. The molecule has 0 aromatic carbocycles. The minimum atomic E-state index is -0.809. The van der Waals surface area contributed by atoms with E-state index in [2.05, 4.69) is 20.2 Å². The van der Waals surface area contributed by atoms with E-state index in [1.54, 1.807) is 6.92 Å². The van der Waals surface area contributed by atoms with Crippen molar-refractivity contribution < 1.29 is 9.90 Å². The fraction of sp³-hybridized carbons (Fsp3) is 0.583. The lowest BCUT2D eigenvalue weighted by atomic mass is 10.2. The van der Waals surface area contributed by atoms with Crippen molar-refractivity contribution in [3.8, 4) is 0 Å². The van der Waals surface area contributed by atoms with Crippen LogP contribution in [0.4, 0.5) is 11.6 Å². The van der Waals surface area contributed by atoms with Crippen molar-refractivity contribution in [1.82, 2.24) is 9.97 Å². The van der Waals surface area contributed by atoms with Gasteiger partial charge in [0.1, 0.15) is 18.0 Å². The molecule has 2 rings (SSSR count). The van der Waals surface area contributed by atoms with Gasteiger partial charge in [0.15, 0.2) is 0 Å². The summed E-state index contributed by atoms with van der Waals surface area (Å²) in [6.45, 7) is 4.09. The van der Waals surface area contributed by atoms with Crippen LogP contribution in [0.2, 0.25) is 0 Å². The number of anilines is 2. The minimum Gasteiger partial charge on any atom is -0.481 e. The Bertz CT molecular complexity index is 418. The molecule has 1 atom stereocenters. The quantitative estimate of drug-likeness (QED) is 0.817. The topological polar surface area (TPSA) is 78.3 Å². The van der Waals surface area contributed by atoms with E-state index < -0.39 is 11.9 Å². The second-order valence-electron chi connectivity index (χ2n) is 4.58. The van der Waals surface area contributed by atoms with Gasteiger partial charge in [-0.2, -0.15) is 0 Å². The van der Waals surface area contributed by atoms with E-state index in [-0.39, 0.29) is 0 Å². The van der Waals surface area contributed by atoms with E-state index in [4.69, 9.17) is 5.11 Å². The molecule has 0 bridgehead atoms. The lowest BCUT2D eigenvalue weighted by Crippen LogP contribution is -2.21. The molecule has 2 heterocycles. The highest BCUT2D eigenvalue weighted by Gasteiger charge is 2.15. The summed E-state index contributed by atoms with van der Waals surface area (Å²) in [4.78, 5) is 21.3. The van der Waals surface area contributed by atoms with Gasteiger partial charge in [0.05, 0.1) is 5.92 Å². The number of hydrogen-bond acceptors (Lipinski definition) is 5. The van der Waals surface area contributed by atoms with Crippen molar-refractivity contribution in [3.63, 3.8) is 0 Å². The van der Waals surface area contributed by atoms with Crippen molar-refractivity contribution in [2.24, 2.45) is 5.92 Å². The van der Waals surface area contributed by atoms with Crippen molar-refractivity contribution >= 4 is 17.6 Å². The first-order valence-corrected chi connectivity index (χ1v) is 6.20. The smallest absolute Gasteiger partial charge is 0.308 e. The Kier molecular flexibility index (Phi) is 3.96. The highest BCUT2D eigenvalue weighted by atomic mass is 16.4. The second-order valence-corrected chi connectivity index (χ2v) is 4.58. The van der Waals surface area contributed by atoms with Crippen LogP contribution in [-0.2, 0) is 4.79 Å². The number of nitrogens with one attached hydrogen (secondary N) is 1. The van der Waals surface area contributed by atoms with E-state index in [0.29, 0.717) is 12.4 Å². The number of aliphatic carboxylic acids is 1. The maximum absolute atomic E-state index is 10.7. The van der Waals surface area contributed by atoms with Gasteiger partial charge in [-0.3, -0.25) is 4.79 Å². The summed E-state index contributed by atoms with van der Waals surface area (Å²) < 4.78 is 0. The molecule has 0 saturated carbocycles. The van der Waals surface area contributed by atoms with Gasteiger partial charge in [-0.05, 0) is 12.8 Å². The first-order chi connectivity index (χ1) is 8.66. The molecule has 6 heteroatoms. The van der Waals surface area contributed by atoms with Gasteiger partial charge in [0.2, 0.25) is 0 Å². The van der Waals surface area contributed by atoms with Crippen LogP contribution in [0.25, 0.3) is 0 Å². The normalized spacial score (nSPS) is 16.6. The molecule has 1 aliphatic rings. The van der Waals surface area contributed by atoms with Crippen molar-refractivity contribution in [1.29, 1.82) is 0 Å². The van der Waals surface area contributed by atoms with Crippen LogP contribution in [0, 0.1) is 5.92 Å². The Labute approximate surface area is 106 Å². The molecule has 0 aliphatic carbocycles. The zero-order valence-electron chi connectivity index (χ0n) is 10.5. The van der Waals surface area contributed by atoms with Crippen LogP contribution < -0.4 is 10.2 Å². The maximum atomic E-state index is 10.7. The first kappa shape index (κ1) is 12.6. The number of carboxylic acid groups (broad SMARTS) is 1. The monoisotopic (exact) mass is 250 g/mol. The largest absolute Gasteiger partial charge is 0.481 e. The molecular formula is C12H18N4O2. The van der Waals surface area contributed by atoms with Crippen molar-refractivity contribution in [3.05, 3.63) is 12.4 Å². The molecule has 1 saturated heterocycles. The van der Waals surface area contributed by atoms with Crippen LogP contribution in [0.15, 0.2) is 12.4 Å². The third-order valence-electron chi connectivity index (χ3n) is 3.09. The number of hydrogen-bond donors (Lipinski definition) is 2. The van der Waals surface area contributed by atoms with Crippen LogP contribution in [-0.4, -0.2) is 40.7 Å². The molecule has 18 heavy (non-hydrogen) atoms. The summed E-state index contributed by atoms with van der Waals surface area (Å²) in [7, 11) is 0. The number of rotatable bonds is 5. The Morgan fingerprint density at radius 1 is 1.50 bits per heavy atom. The Hall–Kier alpha value is -1.85. The van der Waals surface area contributed by atoms with Crippen LogP contribution in [0.3, 0.4) is 0 Å². The lowest BCUT2D eigenvalue weighted by Gasteiger charge is -2.17. The fourth-order valence-corrected chi connectivity index (χ4v) is 1.91. The van der Waals surface area contributed by atoms with Gasteiger partial charge in [-0.1, -0.05) is 6.92 Å². The average molecular weight is 250 g/mol. The molecule has 1 unspecified atom stereocenters. The van der Waals surface area contributed by atoms with Gasteiger partial charge >= 0.3 is 5.97 Å². The third-order valence-corrected chi connectivity index (χ3v) is 3.09. The highest BCUT2D eigenvalue weighted by molar-refractivity contribution is 5.70. The van der Waals surface area contributed by atoms with E-state index >= 15 is 0 Å². The van der Waals surface area contributed by atoms with Gasteiger partial charge < -0.3 is 15.3 Å². The Morgan fingerprint density at radius 3 is 2.89 bits per heavy atom. The molecule has 6 nitrogen and oxygen atoms in total. The average Bonchev–Trinajstić information content (AvgIpc) is 2.90. The number of carboxylic acids is 1. The minimum absolute atomic E-state index is 0.367. The Balaban J connectivity index is 1.96. The summed E-state index contributed by atoms with van der Waals surface area (Å²) in [5, 5.41) is 11.8. The van der Waals surface area contributed by atoms with Gasteiger partial charge in [-0.25, -0.2) is 9.97 Å². The fourth-order valence-electron chi connectivity index (χ4n) is 1.91. The summed E-state index contributed by atoms with van der Waals surface area (Å²) in [5.74, 6) is 0.347. The molecule has 2 N–H and O–H groups in total. The SMILES string of the molecule is CC(CNc1cc(N2CCCC2)ncn1)C(=O)O. The standard InChI is InChI=1S/C12H18N4O2/c1-9(12(17)18)7-13-10-6-11(15-8-14-10)16-4-2-3-5-16/h6,8-9H,2-5,7H2,1H3,(H,17,18)(H,13,14,15). The summed E-state index contributed by atoms with van der Waals surface area (Å²) in [6.07, 6.45) is 3.91. The third kappa shape index (κ3) is 3.09. The number of nitrogens with zero attached hydrogens (tertiary/aromatic N) is 3. The van der Waals surface area contributed by atoms with Crippen LogP contribution in [0.5, 0.6) is 0 Å². The van der Waals surface area contributed by atoms with Gasteiger partial charge in [-0.15, -0.1) is 0 Å². The van der Waals surface area contributed by atoms with Crippen molar-refractivity contribution in [2.75, 3.05) is 29.9 Å². The van der Waals surface area contributed by atoms with E-state index in [1.807, 2.05) is 6.07 Å². The molecular weight excluding hydrogens is 232 g/mol. The molecule has 1 aromatic rings. The summed E-state index contributed by atoms with van der Waals surface area (Å²) in [6, 6.07) is 1.87. The molecule has 1 aliphatic heterocycles. The van der Waals surface area contributed by atoms with Crippen LogP contribution in [0.1, 0.15) is 19.8 Å². The predicted octanol–water partition coefficient (Wildman–Crippen LogP) is 1.21. The Morgan fingerprint density at radius 2 is 2.22 bits per heavy atom. The molecule has 0 amide bonds. The van der Waals surface area contributed by atoms with E-state index in [1.165, 1.54) is 19.2 Å². The van der Waals surface area contributed by atoms with E-state index in [0.717, 1.165) is 18.9 Å². The predicted molar refractivity (Wildman–Crippen MR) is 68.8 cm³/mol. The molecule has 0 spiro atoms. The van der Waals surface area contributed by atoms with Crippen molar-refractivity contribution in [2.45, 2.75) is 19.8 Å². The number of aromatic nitrogens is 2. The zero-order chi connectivity index (χ0) is 13.0. The molecule has 98 valence electrons. The van der Waals surface area contributed by atoms with Gasteiger partial charge in [0, 0.05) is 25.7 Å². The molecule has 1 fully saturated rings. The highest BCUT2D eigenvalue weighted by Crippen LogP contribution is 2.19. The second kappa shape index (κ2) is 5.66. The van der Waals surface area contributed by atoms with E-state index in [9.17, 15) is 4.79 Å². The number of carbonyl (C=O) groups is 1. The first-order valence-electron chi connectivity index (χ1n) is 6.20. The lowest BCUT2D eigenvalue weighted by molar-refractivity contribution is -0.140.